The van der Waals surface area contributed by atoms with E-state index in [0.29, 0.717) is 41.3 Å². The molecule has 0 amide bonds. The molecule has 0 spiro atoms. The molecule has 4 rings (SSSR count). The van der Waals surface area contributed by atoms with Crippen molar-refractivity contribution in [2.24, 2.45) is 45.3 Å². The SMILES string of the molecule is CC(C)=CC(=O)C[C@H](C)[C@H]1CC[C@]2(C)C3=CC[C@H]4C(C)(C)[C@@H](O)CC[C@]4(C)[C@H]3CC[C@@]12C. The van der Waals surface area contributed by atoms with E-state index in [1.54, 1.807) is 5.57 Å². The van der Waals surface area contributed by atoms with Gasteiger partial charge in [0.2, 0.25) is 0 Å². The predicted octanol–water partition coefficient (Wildman–Crippen LogP) is 7.51. The molecule has 4 aliphatic carbocycles. The molecule has 2 nitrogen and oxygen atoms in total. The lowest BCUT2D eigenvalue weighted by molar-refractivity contribution is -0.132. The predicted molar refractivity (Wildman–Crippen MR) is 133 cm³/mol. The highest BCUT2D eigenvalue weighted by molar-refractivity contribution is 5.90. The summed E-state index contributed by atoms with van der Waals surface area (Å²) in [5, 5.41) is 10.8. The zero-order chi connectivity index (χ0) is 23.7. The highest BCUT2D eigenvalue weighted by Crippen LogP contribution is 2.73. The van der Waals surface area contributed by atoms with Crippen LogP contribution in [0.25, 0.3) is 0 Å². The highest BCUT2D eigenvalue weighted by Gasteiger charge is 2.65. The molecule has 0 aromatic carbocycles. The van der Waals surface area contributed by atoms with Crippen LogP contribution in [0.1, 0.15) is 107 Å². The number of hydrogen-bond donors (Lipinski definition) is 1. The Morgan fingerprint density at radius 2 is 1.78 bits per heavy atom. The van der Waals surface area contributed by atoms with Crippen LogP contribution in [0.3, 0.4) is 0 Å². The summed E-state index contributed by atoms with van der Waals surface area (Å²) in [6.45, 7) is 18.7. The molecule has 0 bridgehead atoms. The van der Waals surface area contributed by atoms with Crippen molar-refractivity contribution in [3.05, 3.63) is 23.3 Å². The van der Waals surface area contributed by atoms with Gasteiger partial charge in [-0.1, -0.05) is 58.8 Å². The fourth-order valence-electron chi connectivity index (χ4n) is 9.49. The second kappa shape index (κ2) is 7.82. The molecular weight excluding hydrogens is 392 g/mol. The number of aliphatic hydroxyl groups is 1. The Bertz CT molecular complexity index is 830. The topological polar surface area (TPSA) is 37.3 Å². The van der Waals surface area contributed by atoms with Crippen molar-refractivity contribution in [2.45, 2.75) is 113 Å². The van der Waals surface area contributed by atoms with Crippen LogP contribution in [0.4, 0.5) is 0 Å². The smallest absolute Gasteiger partial charge is 0.155 e. The summed E-state index contributed by atoms with van der Waals surface area (Å²) >= 11 is 0. The molecule has 0 heterocycles. The summed E-state index contributed by atoms with van der Waals surface area (Å²) in [6, 6.07) is 0. The first-order chi connectivity index (χ1) is 14.8. The van der Waals surface area contributed by atoms with Crippen molar-refractivity contribution >= 4 is 5.78 Å². The van der Waals surface area contributed by atoms with Gasteiger partial charge in [-0.15, -0.1) is 0 Å². The minimum atomic E-state index is -0.171. The van der Waals surface area contributed by atoms with Gasteiger partial charge < -0.3 is 5.11 Å². The summed E-state index contributed by atoms with van der Waals surface area (Å²) in [5.41, 5.74) is 3.70. The van der Waals surface area contributed by atoms with Crippen LogP contribution < -0.4 is 0 Å². The maximum absolute atomic E-state index is 12.6. The van der Waals surface area contributed by atoms with Crippen LogP contribution in [0.5, 0.6) is 0 Å². The summed E-state index contributed by atoms with van der Waals surface area (Å²) < 4.78 is 0. The molecule has 1 N–H and O–H groups in total. The van der Waals surface area contributed by atoms with E-state index in [1.165, 1.54) is 25.7 Å². The molecule has 0 unspecified atom stereocenters. The zero-order valence-electron chi connectivity index (χ0n) is 22.1. The lowest BCUT2D eigenvalue weighted by atomic mass is 9.41. The van der Waals surface area contributed by atoms with Gasteiger partial charge in [-0.05, 0) is 110 Å². The van der Waals surface area contributed by atoms with E-state index in [4.69, 9.17) is 0 Å². The number of aliphatic hydroxyl groups excluding tert-OH is 1. The minimum absolute atomic E-state index is 0.00526. The third-order valence-corrected chi connectivity index (χ3v) is 11.5. The van der Waals surface area contributed by atoms with Crippen LogP contribution in [0.2, 0.25) is 0 Å². The molecule has 3 fully saturated rings. The first-order valence-electron chi connectivity index (χ1n) is 13.3. The van der Waals surface area contributed by atoms with Gasteiger partial charge >= 0.3 is 0 Å². The molecule has 8 atom stereocenters. The summed E-state index contributed by atoms with van der Waals surface area (Å²) in [7, 11) is 0. The van der Waals surface area contributed by atoms with Crippen LogP contribution in [0.15, 0.2) is 23.3 Å². The minimum Gasteiger partial charge on any atom is -0.393 e. The fourth-order valence-corrected chi connectivity index (χ4v) is 9.49. The molecule has 4 aliphatic rings. The maximum Gasteiger partial charge on any atom is 0.155 e. The number of carbonyl (C=O) groups is 1. The van der Waals surface area contributed by atoms with E-state index < -0.39 is 0 Å². The summed E-state index contributed by atoms with van der Waals surface area (Å²) in [6.07, 6.45) is 13.3. The van der Waals surface area contributed by atoms with Crippen molar-refractivity contribution in [3.63, 3.8) is 0 Å². The second-order valence-corrected chi connectivity index (χ2v) is 13.7. The Morgan fingerprint density at radius 1 is 1.09 bits per heavy atom. The van der Waals surface area contributed by atoms with Crippen molar-refractivity contribution in [3.8, 4) is 0 Å². The van der Waals surface area contributed by atoms with Gasteiger partial charge in [-0.25, -0.2) is 0 Å². The highest BCUT2D eigenvalue weighted by atomic mass is 16.3. The molecule has 0 aromatic heterocycles. The first kappa shape index (κ1) is 24.2. The van der Waals surface area contributed by atoms with Crippen molar-refractivity contribution < 1.29 is 9.90 Å². The largest absolute Gasteiger partial charge is 0.393 e. The van der Waals surface area contributed by atoms with Gasteiger partial charge in [0.05, 0.1) is 6.10 Å². The maximum atomic E-state index is 12.6. The molecule has 3 saturated carbocycles. The van der Waals surface area contributed by atoms with Crippen LogP contribution in [-0.4, -0.2) is 17.0 Å². The third-order valence-electron chi connectivity index (χ3n) is 11.5. The van der Waals surface area contributed by atoms with E-state index in [9.17, 15) is 9.90 Å². The zero-order valence-corrected chi connectivity index (χ0v) is 22.1. The van der Waals surface area contributed by atoms with Gasteiger partial charge in [0.25, 0.3) is 0 Å². The molecule has 0 saturated heterocycles. The van der Waals surface area contributed by atoms with Gasteiger partial charge in [-0.2, -0.15) is 0 Å². The average molecular weight is 441 g/mol. The van der Waals surface area contributed by atoms with Crippen molar-refractivity contribution in [1.29, 1.82) is 0 Å². The van der Waals surface area contributed by atoms with E-state index >= 15 is 0 Å². The van der Waals surface area contributed by atoms with Gasteiger partial charge in [0.1, 0.15) is 0 Å². The normalized spacial score (nSPS) is 45.7. The lowest BCUT2D eigenvalue weighted by Gasteiger charge is -2.64. The molecule has 0 aliphatic heterocycles. The molecule has 32 heavy (non-hydrogen) atoms. The number of fused-ring (bicyclic) bond motifs is 5. The van der Waals surface area contributed by atoms with Gasteiger partial charge in [0, 0.05) is 6.42 Å². The number of allylic oxidation sites excluding steroid dienone is 4. The number of rotatable bonds is 4. The van der Waals surface area contributed by atoms with Crippen LogP contribution in [0, 0.1) is 45.3 Å². The summed E-state index contributed by atoms with van der Waals surface area (Å²) in [5.74, 6) is 2.60. The van der Waals surface area contributed by atoms with E-state index in [0.717, 1.165) is 24.8 Å². The quantitative estimate of drug-likeness (QED) is 0.363. The summed E-state index contributed by atoms with van der Waals surface area (Å²) in [4.78, 5) is 12.6. The monoisotopic (exact) mass is 440 g/mol. The first-order valence-corrected chi connectivity index (χ1v) is 13.3. The molecule has 0 aromatic rings. The Kier molecular flexibility index (Phi) is 5.93. The second-order valence-electron chi connectivity index (χ2n) is 13.7. The third kappa shape index (κ3) is 3.33. The van der Waals surface area contributed by atoms with E-state index in [-0.39, 0.29) is 22.3 Å². The standard InChI is InChI=1S/C30H48O2/c1-19(2)17-21(31)18-20(3)22-11-15-30(8)24-9-10-25-27(4,5)26(32)13-14-28(25,6)23(24)12-16-29(22,30)7/h9,17,20,22-23,25-26,32H,10-16,18H2,1-8H3/t20-,22+,23-,25-,26-,28+,29-,30+/m0/s1. The fraction of sp³-hybridized carbons (Fsp3) is 0.833. The Labute approximate surface area is 197 Å². The molecule has 180 valence electrons. The van der Waals surface area contributed by atoms with Crippen molar-refractivity contribution in [1.82, 2.24) is 0 Å². The Morgan fingerprint density at radius 3 is 2.44 bits per heavy atom. The van der Waals surface area contributed by atoms with Crippen LogP contribution >= 0.6 is 0 Å². The van der Waals surface area contributed by atoms with Gasteiger partial charge in [-0.3, -0.25) is 4.79 Å². The Balaban J connectivity index is 1.64. The lowest BCUT2D eigenvalue weighted by Crippen LogP contribution is -2.58. The average Bonchev–Trinajstić information content (AvgIpc) is 2.96. The van der Waals surface area contributed by atoms with Crippen molar-refractivity contribution in [2.75, 3.05) is 0 Å². The molecule has 2 heteroatoms. The Hall–Kier alpha value is -0.890. The molecule has 0 radical (unpaired) electrons. The van der Waals surface area contributed by atoms with E-state index in [1.807, 2.05) is 19.9 Å². The number of carbonyl (C=O) groups excluding carboxylic acids is 1. The van der Waals surface area contributed by atoms with E-state index in [2.05, 4.69) is 47.6 Å². The number of ketones is 1. The van der Waals surface area contributed by atoms with Gasteiger partial charge in [0.15, 0.2) is 5.78 Å². The van der Waals surface area contributed by atoms with Crippen LogP contribution in [-0.2, 0) is 4.79 Å². The molecular formula is C30H48O2. The number of hydrogen-bond acceptors (Lipinski definition) is 2.